The fourth-order valence-electron chi connectivity index (χ4n) is 4.93. The quantitative estimate of drug-likeness (QED) is 0.0449. The Morgan fingerprint density at radius 3 is 1.78 bits per heavy atom. The Morgan fingerprint density at radius 2 is 1.29 bits per heavy atom. The molecule has 3 aliphatic rings. The molecule has 2 saturated heterocycles. The van der Waals surface area contributed by atoms with Gasteiger partial charge < -0.3 is 49.9 Å². The maximum absolute atomic E-state index is 5.54. The third kappa shape index (κ3) is 17.5. The molecule has 3 rings (SSSR count). The van der Waals surface area contributed by atoms with Crippen LogP contribution in [0.3, 0.4) is 0 Å². The highest BCUT2D eigenvalue weighted by atomic mass is 28.4. The molecule has 4 atom stereocenters. The van der Waals surface area contributed by atoms with Crippen LogP contribution in [0.1, 0.15) is 45.4 Å². The van der Waals surface area contributed by atoms with Crippen molar-refractivity contribution >= 4 is 25.9 Å². The van der Waals surface area contributed by atoms with Gasteiger partial charge in [-0.1, -0.05) is 13.2 Å². The van der Waals surface area contributed by atoms with E-state index >= 15 is 0 Å². The molecule has 0 aromatic carbocycles. The molecule has 0 aromatic heterocycles. The van der Waals surface area contributed by atoms with Crippen molar-refractivity contribution in [3.8, 4) is 0 Å². The lowest BCUT2D eigenvalue weighted by Crippen LogP contribution is -2.43. The highest BCUT2D eigenvalue weighted by Gasteiger charge is 2.45. The minimum Gasteiger partial charge on any atom is -0.494 e. The van der Waals surface area contributed by atoms with Gasteiger partial charge in [-0.05, 0) is 76.1 Å². The Kier molecular flexibility index (Phi) is 21.0. The summed E-state index contributed by atoms with van der Waals surface area (Å²) in [6.07, 6.45) is 8.25. The van der Waals surface area contributed by atoms with Crippen molar-refractivity contribution < 1.29 is 49.9 Å². The smallest absolute Gasteiger partial charge is 0.494 e. The van der Waals surface area contributed by atoms with Gasteiger partial charge in [0.1, 0.15) is 11.9 Å². The predicted molar refractivity (Wildman–Crippen MR) is 183 cm³/mol. The van der Waals surface area contributed by atoms with Gasteiger partial charge in [0.2, 0.25) is 0 Å². The molecule has 2 aliphatic heterocycles. The number of fused-ring (bicyclic) bond motifs is 1. The SMILES string of the molecule is C=C(C)C(=C)OCCC[Si](C)(C)OC.CO[Si](CCC1CCC2OC2C1)(OC)OC.CO[Si](CCCOCC1CO1)(OC)OC. The van der Waals surface area contributed by atoms with Crippen molar-refractivity contribution in [2.24, 2.45) is 5.92 Å². The second-order valence-corrected chi connectivity index (χ2v) is 22.9. The van der Waals surface area contributed by atoms with Gasteiger partial charge in [-0.15, -0.1) is 0 Å². The molecule has 1 saturated carbocycles. The van der Waals surface area contributed by atoms with Crippen LogP contribution in [0.15, 0.2) is 24.5 Å². The van der Waals surface area contributed by atoms with Crippen LogP contribution in [0.5, 0.6) is 0 Å². The zero-order chi connectivity index (χ0) is 33.9. The fraction of sp³-hybridized carbons (Fsp3) is 0.871. The molecule has 3 fully saturated rings. The van der Waals surface area contributed by atoms with Crippen LogP contribution in [-0.2, 0) is 49.9 Å². The van der Waals surface area contributed by atoms with Gasteiger partial charge >= 0.3 is 17.6 Å². The molecular formula is C31H64O11Si3. The topological polar surface area (TPSA) is 108 Å². The minimum absolute atomic E-state index is 0.333. The van der Waals surface area contributed by atoms with E-state index in [0.29, 0.717) is 43.9 Å². The van der Waals surface area contributed by atoms with Crippen LogP contribution in [0.2, 0.25) is 31.2 Å². The van der Waals surface area contributed by atoms with Gasteiger partial charge in [0, 0.05) is 68.5 Å². The molecule has 0 aromatic rings. The molecule has 0 spiro atoms. The molecule has 14 heteroatoms. The molecule has 0 radical (unpaired) electrons. The molecular weight excluding hydrogens is 633 g/mol. The number of rotatable bonds is 22. The molecule has 266 valence electrons. The Balaban J connectivity index is 0.000000339. The number of allylic oxidation sites excluding steroid dienone is 1. The van der Waals surface area contributed by atoms with E-state index in [1.54, 1.807) is 49.8 Å². The van der Waals surface area contributed by atoms with E-state index in [2.05, 4.69) is 26.3 Å². The molecule has 0 amide bonds. The van der Waals surface area contributed by atoms with E-state index in [-0.39, 0.29) is 0 Å². The number of hydrogen-bond donors (Lipinski definition) is 0. The first-order valence-electron chi connectivity index (χ1n) is 16.1. The molecule has 0 N–H and O–H groups in total. The Morgan fingerprint density at radius 1 is 0.733 bits per heavy atom. The monoisotopic (exact) mass is 696 g/mol. The molecule has 11 nitrogen and oxygen atoms in total. The standard InChI is InChI=1S/C11H22O4Si.C11H22O2Si.C9H20O5Si/c1-12-16(13-2,14-3)7-6-9-4-5-10-11(8-9)15-10;1-10(2)11(3)13-8-7-9-14(5,6)12-4;1-10-15(11-2,12-3)6-4-5-13-7-9-8-14-9/h9-11H,4-8H2,1-3H3;1,3,7-9H2,2,4-6H3;9H,4-8H2,1-3H3. The summed E-state index contributed by atoms with van der Waals surface area (Å²) in [7, 11) is 5.55. The first-order chi connectivity index (χ1) is 21.4. The van der Waals surface area contributed by atoms with Crippen LogP contribution in [0.25, 0.3) is 0 Å². The number of hydrogen-bond acceptors (Lipinski definition) is 11. The van der Waals surface area contributed by atoms with Crippen LogP contribution in [0, 0.1) is 5.92 Å². The number of epoxide rings is 2. The largest absolute Gasteiger partial charge is 0.500 e. The lowest BCUT2D eigenvalue weighted by molar-refractivity contribution is 0.100. The summed E-state index contributed by atoms with van der Waals surface area (Å²) in [5.74, 6) is 1.46. The predicted octanol–water partition coefficient (Wildman–Crippen LogP) is 5.83. The fourth-order valence-corrected chi connectivity index (χ4v) is 9.69. The average molecular weight is 697 g/mol. The van der Waals surface area contributed by atoms with Crippen LogP contribution in [0.4, 0.5) is 0 Å². The summed E-state index contributed by atoms with van der Waals surface area (Å²) in [5, 5.41) is 0. The number of ether oxygens (including phenoxy) is 4. The van der Waals surface area contributed by atoms with Gasteiger partial charge in [-0.25, -0.2) is 0 Å². The Labute approximate surface area is 277 Å². The van der Waals surface area contributed by atoms with Crippen molar-refractivity contribution in [2.75, 3.05) is 76.2 Å². The summed E-state index contributed by atoms with van der Waals surface area (Å²) < 4.78 is 59.0. The third-order valence-electron chi connectivity index (χ3n) is 8.54. The van der Waals surface area contributed by atoms with Gasteiger partial charge in [0.05, 0.1) is 32.0 Å². The van der Waals surface area contributed by atoms with Crippen molar-refractivity contribution in [2.45, 2.75) is 95.0 Å². The van der Waals surface area contributed by atoms with Crippen LogP contribution < -0.4 is 0 Å². The van der Waals surface area contributed by atoms with Gasteiger partial charge in [0.15, 0.2) is 8.32 Å². The molecule has 2 heterocycles. The maximum Gasteiger partial charge on any atom is 0.500 e. The second kappa shape index (κ2) is 22.2. The van der Waals surface area contributed by atoms with Crippen molar-refractivity contribution in [3.63, 3.8) is 0 Å². The first-order valence-corrected chi connectivity index (χ1v) is 23.0. The summed E-state index contributed by atoms with van der Waals surface area (Å²) in [5.41, 5.74) is 0.897. The normalized spacial score (nSPS) is 22.3. The van der Waals surface area contributed by atoms with Crippen molar-refractivity contribution in [1.82, 2.24) is 0 Å². The van der Waals surface area contributed by atoms with E-state index in [0.717, 1.165) is 55.5 Å². The Bertz CT molecular complexity index is 804. The highest BCUT2D eigenvalue weighted by Crippen LogP contribution is 2.41. The van der Waals surface area contributed by atoms with E-state index in [9.17, 15) is 0 Å². The summed E-state index contributed by atoms with van der Waals surface area (Å²) >= 11 is 0. The third-order valence-corrected chi connectivity index (χ3v) is 16.8. The van der Waals surface area contributed by atoms with E-state index < -0.39 is 25.9 Å². The highest BCUT2D eigenvalue weighted by molar-refractivity contribution is 6.71. The molecule has 1 aliphatic carbocycles. The van der Waals surface area contributed by atoms with Crippen LogP contribution >= 0.6 is 0 Å². The minimum atomic E-state index is -2.39. The zero-order valence-electron chi connectivity index (χ0n) is 29.9. The summed E-state index contributed by atoms with van der Waals surface area (Å²) in [6, 6.07) is 2.81. The van der Waals surface area contributed by atoms with Crippen molar-refractivity contribution in [3.05, 3.63) is 24.5 Å². The van der Waals surface area contributed by atoms with E-state index in [1.807, 2.05) is 6.92 Å². The molecule has 0 bridgehead atoms. The van der Waals surface area contributed by atoms with E-state index in [1.165, 1.54) is 19.3 Å². The zero-order valence-corrected chi connectivity index (χ0v) is 32.9. The van der Waals surface area contributed by atoms with Crippen LogP contribution in [-0.4, -0.2) is 120 Å². The van der Waals surface area contributed by atoms with Crippen molar-refractivity contribution in [1.29, 1.82) is 0 Å². The molecule has 4 unspecified atom stereocenters. The van der Waals surface area contributed by atoms with Gasteiger partial charge in [-0.2, -0.15) is 0 Å². The van der Waals surface area contributed by atoms with Gasteiger partial charge in [-0.3, -0.25) is 0 Å². The summed E-state index contributed by atoms with van der Waals surface area (Å²) in [6.45, 7) is 16.8. The summed E-state index contributed by atoms with van der Waals surface area (Å²) in [4.78, 5) is 0. The first kappa shape index (κ1) is 42.6. The second-order valence-electron chi connectivity index (χ2n) is 12.3. The average Bonchev–Trinajstić information content (AvgIpc) is 3.99. The van der Waals surface area contributed by atoms with E-state index in [4.69, 9.17) is 49.9 Å². The Hall–Kier alpha value is -0.469. The van der Waals surface area contributed by atoms with Gasteiger partial charge in [0.25, 0.3) is 0 Å². The lowest BCUT2D eigenvalue weighted by atomic mass is 9.88. The molecule has 45 heavy (non-hydrogen) atoms. The lowest BCUT2D eigenvalue weighted by Gasteiger charge is -2.27. The maximum atomic E-state index is 5.54.